The summed E-state index contributed by atoms with van der Waals surface area (Å²) in [6.45, 7) is 7.11. The molecule has 1 atom stereocenters. The third-order valence-corrected chi connectivity index (χ3v) is 5.19. The maximum Gasteiger partial charge on any atom is 0.320 e. The lowest BCUT2D eigenvalue weighted by Gasteiger charge is -2.32. The highest BCUT2D eigenvalue weighted by Gasteiger charge is 2.37. The standard InChI is InChI=1S/C18H26F2N4O/c1-3-22-17-11-15(19)14(10-16(17)20)12(2)23-8-9-24(18(23)25)13-4-6-21-7-5-13/h10-13,21-22H,3-9H2,1-2H3. The first-order valence-corrected chi connectivity index (χ1v) is 9.03. The molecule has 1 aromatic carbocycles. The average Bonchev–Trinajstić information content (AvgIpc) is 3.00. The summed E-state index contributed by atoms with van der Waals surface area (Å²) in [7, 11) is 0. The van der Waals surface area contributed by atoms with E-state index < -0.39 is 17.7 Å². The van der Waals surface area contributed by atoms with Crippen LogP contribution in [0.3, 0.4) is 0 Å². The fraction of sp³-hybridized carbons (Fsp3) is 0.611. The number of anilines is 1. The average molecular weight is 352 g/mol. The Morgan fingerprint density at radius 2 is 1.96 bits per heavy atom. The number of halogens is 2. The van der Waals surface area contributed by atoms with Gasteiger partial charge in [0.15, 0.2) is 0 Å². The molecule has 0 bridgehead atoms. The predicted octanol–water partition coefficient (Wildman–Crippen LogP) is 2.95. The Balaban J connectivity index is 1.76. The number of nitrogens with one attached hydrogen (secondary N) is 2. The molecule has 3 rings (SSSR count). The van der Waals surface area contributed by atoms with Crippen molar-refractivity contribution in [3.05, 3.63) is 29.3 Å². The van der Waals surface area contributed by atoms with E-state index in [9.17, 15) is 13.6 Å². The lowest BCUT2D eigenvalue weighted by Crippen LogP contribution is -2.45. The fourth-order valence-corrected chi connectivity index (χ4v) is 3.76. The van der Waals surface area contributed by atoms with Crippen molar-refractivity contribution in [2.75, 3.05) is 38.0 Å². The summed E-state index contributed by atoms with van der Waals surface area (Å²) in [5, 5.41) is 6.09. The number of carbonyl (C=O) groups is 1. The lowest BCUT2D eigenvalue weighted by atomic mass is 10.0. The summed E-state index contributed by atoms with van der Waals surface area (Å²) in [5.74, 6) is -0.982. The Kier molecular flexibility index (Phi) is 5.42. The molecule has 0 aromatic heterocycles. The monoisotopic (exact) mass is 352 g/mol. The van der Waals surface area contributed by atoms with E-state index in [4.69, 9.17) is 0 Å². The molecule has 2 saturated heterocycles. The van der Waals surface area contributed by atoms with E-state index in [0.29, 0.717) is 19.6 Å². The zero-order chi connectivity index (χ0) is 18.0. The van der Waals surface area contributed by atoms with Gasteiger partial charge in [-0.2, -0.15) is 0 Å². The van der Waals surface area contributed by atoms with Crippen molar-refractivity contribution in [3.63, 3.8) is 0 Å². The van der Waals surface area contributed by atoms with E-state index in [2.05, 4.69) is 10.6 Å². The largest absolute Gasteiger partial charge is 0.383 e. The van der Waals surface area contributed by atoms with E-state index in [1.54, 1.807) is 11.8 Å². The molecule has 0 spiro atoms. The number of hydrogen-bond donors (Lipinski definition) is 2. The topological polar surface area (TPSA) is 47.6 Å². The van der Waals surface area contributed by atoms with Gasteiger partial charge in [-0.3, -0.25) is 0 Å². The molecule has 1 unspecified atom stereocenters. The summed E-state index contributed by atoms with van der Waals surface area (Å²) < 4.78 is 28.6. The summed E-state index contributed by atoms with van der Waals surface area (Å²) in [4.78, 5) is 16.3. The van der Waals surface area contributed by atoms with Gasteiger partial charge in [-0.05, 0) is 45.8 Å². The van der Waals surface area contributed by atoms with Crippen molar-refractivity contribution in [2.24, 2.45) is 0 Å². The summed E-state index contributed by atoms with van der Waals surface area (Å²) >= 11 is 0. The molecule has 0 aliphatic carbocycles. The van der Waals surface area contributed by atoms with E-state index in [-0.39, 0.29) is 23.3 Å². The van der Waals surface area contributed by atoms with Crippen LogP contribution in [0.15, 0.2) is 12.1 Å². The number of amides is 2. The molecular formula is C18H26F2N4O. The zero-order valence-electron chi connectivity index (χ0n) is 14.8. The van der Waals surface area contributed by atoms with Crippen molar-refractivity contribution in [2.45, 2.75) is 38.8 Å². The molecule has 0 saturated carbocycles. The van der Waals surface area contributed by atoms with Gasteiger partial charge in [0.1, 0.15) is 11.6 Å². The van der Waals surface area contributed by atoms with Crippen molar-refractivity contribution < 1.29 is 13.6 Å². The molecule has 25 heavy (non-hydrogen) atoms. The molecule has 2 fully saturated rings. The molecule has 5 nitrogen and oxygen atoms in total. The molecular weight excluding hydrogens is 326 g/mol. The Morgan fingerprint density at radius 3 is 2.64 bits per heavy atom. The predicted molar refractivity (Wildman–Crippen MR) is 93.6 cm³/mol. The van der Waals surface area contributed by atoms with Crippen LogP contribution in [0.5, 0.6) is 0 Å². The van der Waals surface area contributed by atoms with Gasteiger partial charge in [-0.15, -0.1) is 0 Å². The van der Waals surface area contributed by atoms with Gasteiger partial charge in [-0.25, -0.2) is 13.6 Å². The second-order valence-electron chi connectivity index (χ2n) is 6.71. The molecule has 7 heteroatoms. The number of benzene rings is 1. The van der Waals surface area contributed by atoms with Crippen LogP contribution in [0.1, 0.15) is 38.3 Å². The Hall–Kier alpha value is -1.89. The molecule has 2 N–H and O–H groups in total. The van der Waals surface area contributed by atoms with Crippen LogP contribution in [0.2, 0.25) is 0 Å². The zero-order valence-corrected chi connectivity index (χ0v) is 14.8. The van der Waals surface area contributed by atoms with Crippen LogP contribution < -0.4 is 10.6 Å². The van der Waals surface area contributed by atoms with Gasteiger partial charge in [0, 0.05) is 37.3 Å². The first kappa shape index (κ1) is 17.9. The molecule has 2 amide bonds. The number of urea groups is 1. The van der Waals surface area contributed by atoms with E-state index >= 15 is 0 Å². The van der Waals surface area contributed by atoms with E-state index in [1.807, 2.05) is 11.8 Å². The van der Waals surface area contributed by atoms with Crippen molar-refractivity contribution in [1.29, 1.82) is 0 Å². The van der Waals surface area contributed by atoms with E-state index in [0.717, 1.165) is 25.9 Å². The van der Waals surface area contributed by atoms with Gasteiger partial charge in [-0.1, -0.05) is 0 Å². The third kappa shape index (κ3) is 3.56. The van der Waals surface area contributed by atoms with Crippen LogP contribution in [0.25, 0.3) is 0 Å². The van der Waals surface area contributed by atoms with Crippen LogP contribution in [-0.2, 0) is 0 Å². The first-order valence-electron chi connectivity index (χ1n) is 9.03. The van der Waals surface area contributed by atoms with Gasteiger partial charge in [0.05, 0.1) is 11.7 Å². The second-order valence-corrected chi connectivity index (χ2v) is 6.71. The number of nitrogens with zero attached hydrogens (tertiary/aromatic N) is 2. The van der Waals surface area contributed by atoms with Gasteiger partial charge in [0.2, 0.25) is 0 Å². The highest BCUT2D eigenvalue weighted by molar-refractivity contribution is 5.77. The van der Waals surface area contributed by atoms with Crippen molar-refractivity contribution in [3.8, 4) is 0 Å². The summed E-state index contributed by atoms with van der Waals surface area (Å²) in [5.41, 5.74) is 0.375. The van der Waals surface area contributed by atoms with Gasteiger partial charge >= 0.3 is 6.03 Å². The molecule has 2 heterocycles. The summed E-state index contributed by atoms with van der Waals surface area (Å²) in [6.07, 6.45) is 1.88. The normalized spacial score (nSPS) is 20.2. The molecule has 138 valence electrons. The summed E-state index contributed by atoms with van der Waals surface area (Å²) in [6, 6.07) is 2.05. The molecule has 0 radical (unpaired) electrons. The van der Waals surface area contributed by atoms with Crippen LogP contribution in [-0.4, -0.2) is 54.6 Å². The maximum absolute atomic E-state index is 14.5. The van der Waals surface area contributed by atoms with Crippen LogP contribution in [0.4, 0.5) is 19.3 Å². The minimum Gasteiger partial charge on any atom is -0.383 e. The quantitative estimate of drug-likeness (QED) is 0.857. The highest BCUT2D eigenvalue weighted by atomic mass is 19.1. The van der Waals surface area contributed by atoms with Crippen LogP contribution in [0, 0.1) is 11.6 Å². The van der Waals surface area contributed by atoms with Gasteiger partial charge < -0.3 is 20.4 Å². The van der Waals surface area contributed by atoms with Crippen LogP contribution >= 0.6 is 0 Å². The second kappa shape index (κ2) is 7.56. The Bertz CT molecular complexity index is 634. The van der Waals surface area contributed by atoms with Gasteiger partial charge in [0.25, 0.3) is 0 Å². The third-order valence-electron chi connectivity index (χ3n) is 5.19. The Labute approximate surface area is 147 Å². The lowest BCUT2D eigenvalue weighted by molar-refractivity contribution is 0.157. The smallest absolute Gasteiger partial charge is 0.320 e. The SMILES string of the molecule is CCNc1cc(F)c(C(C)N2CCN(C3CCNCC3)C2=O)cc1F. The maximum atomic E-state index is 14.5. The number of rotatable bonds is 5. The van der Waals surface area contributed by atoms with E-state index in [1.165, 1.54) is 12.1 Å². The van der Waals surface area contributed by atoms with Crippen molar-refractivity contribution >= 4 is 11.7 Å². The highest BCUT2D eigenvalue weighted by Crippen LogP contribution is 2.31. The first-order chi connectivity index (χ1) is 12.0. The number of carbonyl (C=O) groups excluding carboxylic acids is 1. The Morgan fingerprint density at radius 1 is 1.24 bits per heavy atom. The number of hydrogen-bond acceptors (Lipinski definition) is 3. The molecule has 1 aromatic rings. The fourth-order valence-electron chi connectivity index (χ4n) is 3.76. The molecule has 2 aliphatic rings. The number of piperidine rings is 1. The minimum atomic E-state index is -0.496. The molecule has 2 aliphatic heterocycles. The van der Waals surface area contributed by atoms with Crippen molar-refractivity contribution in [1.82, 2.24) is 15.1 Å². The minimum absolute atomic E-state index is 0.0741.